The molecule has 2 unspecified atom stereocenters. The quantitative estimate of drug-likeness (QED) is 0.383. The zero-order chi connectivity index (χ0) is 22.9. The normalized spacial score (nSPS) is 19.9. The van der Waals surface area contributed by atoms with E-state index in [2.05, 4.69) is 36.5 Å². The largest absolute Gasteiger partial charge is 0.550 e. The number of carbonyl (C=O) groups is 2. The fourth-order valence-electron chi connectivity index (χ4n) is 4.21. The molecule has 0 aliphatic carbocycles. The van der Waals surface area contributed by atoms with Crippen LogP contribution in [0.2, 0.25) is 0 Å². The van der Waals surface area contributed by atoms with Crippen LogP contribution in [-0.4, -0.2) is 62.3 Å². The third-order valence-corrected chi connectivity index (χ3v) is 5.77. The van der Waals surface area contributed by atoms with Crippen LogP contribution in [0.1, 0.15) is 63.0 Å². The number of amides is 1. The second-order valence-electron chi connectivity index (χ2n) is 9.89. The summed E-state index contributed by atoms with van der Waals surface area (Å²) in [5.41, 5.74) is 2.69. The minimum absolute atomic E-state index is 0.0676. The van der Waals surface area contributed by atoms with E-state index in [1.807, 2.05) is 21.1 Å². The molecule has 2 rings (SSSR count). The van der Waals surface area contributed by atoms with Gasteiger partial charge >= 0.3 is 0 Å². The van der Waals surface area contributed by atoms with Crippen molar-refractivity contribution in [2.45, 2.75) is 83.0 Å². The zero-order valence-corrected chi connectivity index (χ0v) is 19.7. The van der Waals surface area contributed by atoms with Crippen LogP contribution in [0.4, 0.5) is 0 Å². The highest BCUT2D eigenvalue weighted by Crippen LogP contribution is 2.24. The first-order chi connectivity index (χ1) is 14.7. The molecule has 0 aromatic heterocycles. The van der Waals surface area contributed by atoms with Gasteiger partial charge in [0, 0.05) is 12.4 Å². The number of carboxylic acid groups (broad SMARTS) is 1. The third-order valence-electron chi connectivity index (χ3n) is 5.77. The second kappa shape index (κ2) is 12.2. The number of rotatable bonds is 13. The van der Waals surface area contributed by atoms with Gasteiger partial charge in [-0.15, -0.1) is 0 Å². The molecule has 1 aromatic rings. The highest BCUT2D eigenvalue weighted by molar-refractivity contribution is 5.81. The molecule has 1 aromatic carbocycles. The molecule has 31 heavy (non-hydrogen) atoms. The number of aryl methyl sites for hydroxylation is 2. The monoisotopic (exact) mass is 432 g/mol. The van der Waals surface area contributed by atoms with Crippen LogP contribution < -0.4 is 10.4 Å². The van der Waals surface area contributed by atoms with E-state index in [1.54, 1.807) is 0 Å². The van der Waals surface area contributed by atoms with Crippen molar-refractivity contribution in [3.63, 3.8) is 0 Å². The standard InChI is InChI=1S/C25H40N2O4/c1-5-6-7-8-19-9-11-20(12-10-19)13-14-22-15-16-23(31-22)25(30)26-21(17-24(28)29)18-27(2,3)4/h9-12,21-23H,5-8,13-18H2,1-4H3,(H-,26,28,29,30)/t21?,22?,23-/m1/s1. The van der Waals surface area contributed by atoms with Gasteiger partial charge in [0.2, 0.25) is 5.91 Å². The molecule has 1 heterocycles. The lowest BCUT2D eigenvalue weighted by Crippen LogP contribution is -2.52. The number of benzene rings is 1. The highest BCUT2D eigenvalue weighted by atomic mass is 16.5. The maximum atomic E-state index is 12.6. The number of ether oxygens (including phenoxy) is 1. The van der Waals surface area contributed by atoms with Gasteiger partial charge in [0.05, 0.1) is 39.8 Å². The number of hydrogen-bond donors (Lipinski definition) is 1. The molecular formula is C25H40N2O4. The molecule has 0 bridgehead atoms. The van der Waals surface area contributed by atoms with Crippen molar-refractivity contribution in [3.05, 3.63) is 35.4 Å². The van der Waals surface area contributed by atoms with Crippen LogP contribution in [0.15, 0.2) is 24.3 Å². The van der Waals surface area contributed by atoms with Gasteiger partial charge in [-0.25, -0.2) is 0 Å². The van der Waals surface area contributed by atoms with Gasteiger partial charge in [-0.3, -0.25) is 4.79 Å². The summed E-state index contributed by atoms with van der Waals surface area (Å²) in [7, 11) is 5.90. The van der Waals surface area contributed by atoms with Gasteiger partial charge in [0.15, 0.2) is 0 Å². The van der Waals surface area contributed by atoms with Gasteiger partial charge in [0.1, 0.15) is 6.10 Å². The number of unbranched alkanes of at least 4 members (excludes halogenated alkanes) is 2. The second-order valence-corrected chi connectivity index (χ2v) is 9.89. The molecule has 1 aliphatic rings. The average molecular weight is 433 g/mol. The number of nitrogens with zero attached hydrogens (tertiary/aromatic N) is 1. The summed E-state index contributed by atoms with van der Waals surface area (Å²) in [6, 6.07) is 8.39. The summed E-state index contributed by atoms with van der Waals surface area (Å²) in [5, 5.41) is 13.9. The van der Waals surface area contributed by atoms with E-state index < -0.39 is 18.1 Å². The molecule has 174 valence electrons. The van der Waals surface area contributed by atoms with Crippen LogP contribution in [-0.2, 0) is 27.2 Å². The third kappa shape index (κ3) is 9.83. The molecule has 3 atom stereocenters. The van der Waals surface area contributed by atoms with Crippen molar-refractivity contribution < 1.29 is 23.9 Å². The van der Waals surface area contributed by atoms with E-state index in [9.17, 15) is 14.7 Å². The Morgan fingerprint density at radius 2 is 1.74 bits per heavy atom. The van der Waals surface area contributed by atoms with Crippen molar-refractivity contribution in [2.24, 2.45) is 0 Å². The van der Waals surface area contributed by atoms with Gasteiger partial charge < -0.3 is 24.4 Å². The summed E-state index contributed by atoms with van der Waals surface area (Å²) in [6.07, 6.45) is 7.64. The van der Waals surface area contributed by atoms with Gasteiger partial charge in [-0.2, -0.15) is 0 Å². The van der Waals surface area contributed by atoms with Crippen LogP contribution in [0, 0.1) is 0 Å². The molecule has 1 aliphatic heterocycles. The van der Waals surface area contributed by atoms with E-state index in [-0.39, 0.29) is 18.4 Å². The lowest BCUT2D eigenvalue weighted by Gasteiger charge is -2.30. The predicted octanol–water partition coefficient (Wildman–Crippen LogP) is 2.23. The van der Waals surface area contributed by atoms with Crippen molar-refractivity contribution in [1.29, 1.82) is 0 Å². The van der Waals surface area contributed by atoms with Crippen LogP contribution >= 0.6 is 0 Å². The number of quaternary nitrogens is 1. The fourth-order valence-corrected chi connectivity index (χ4v) is 4.21. The first-order valence-electron chi connectivity index (χ1n) is 11.7. The van der Waals surface area contributed by atoms with E-state index in [1.165, 1.54) is 30.4 Å². The maximum absolute atomic E-state index is 12.6. The molecule has 6 heteroatoms. The van der Waals surface area contributed by atoms with Gasteiger partial charge in [-0.05, 0) is 49.7 Å². The predicted molar refractivity (Wildman–Crippen MR) is 120 cm³/mol. The lowest BCUT2D eigenvalue weighted by atomic mass is 10.0. The molecular weight excluding hydrogens is 392 g/mol. The average Bonchev–Trinajstić information content (AvgIpc) is 3.15. The fraction of sp³-hybridized carbons (Fsp3) is 0.680. The Kier molecular flexibility index (Phi) is 9.97. The van der Waals surface area contributed by atoms with Gasteiger partial charge in [0.25, 0.3) is 0 Å². The Hall–Kier alpha value is -1.92. The highest BCUT2D eigenvalue weighted by Gasteiger charge is 2.32. The summed E-state index contributed by atoms with van der Waals surface area (Å²) in [6.45, 7) is 2.74. The van der Waals surface area contributed by atoms with Crippen molar-refractivity contribution in [2.75, 3.05) is 27.7 Å². The summed E-state index contributed by atoms with van der Waals surface area (Å²) in [4.78, 5) is 23.7. The molecule has 1 N–H and O–H groups in total. The molecule has 1 amide bonds. The zero-order valence-electron chi connectivity index (χ0n) is 19.7. The first kappa shape index (κ1) is 25.3. The molecule has 1 fully saturated rings. The van der Waals surface area contributed by atoms with E-state index >= 15 is 0 Å². The Labute approximate surface area is 187 Å². The Morgan fingerprint density at radius 1 is 1.10 bits per heavy atom. The topological polar surface area (TPSA) is 78.5 Å². The van der Waals surface area contributed by atoms with E-state index in [0.717, 1.165) is 25.7 Å². The number of nitrogens with one attached hydrogen (secondary N) is 1. The molecule has 6 nitrogen and oxygen atoms in total. The summed E-state index contributed by atoms with van der Waals surface area (Å²) in [5.74, 6) is -1.36. The van der Waals surface area contributed by atoms with E-state index in [4.69, 9.17) is 4.74 Å². The Balaban J connectivity index is 1.77. The van der Waals surface area contributed by atoms with Crippen molar-refractivity contribution >= 4 is 11.9 Å². The van der Waals surface area contributed by atoms with Crippen LogP contribution in [0.5, 0.6) is 0 Å². The van der Waals surface area contributed by atoms with Crippen LogP contribution in [0.25, 0.3) is 0 Å². The van der Waals surface area contributed by atoms with Crippen molar-refractivity contribution in [3.8, 4) is 0 Å². The maximum Gasteiger partial charge on any atom is 0.249 e. The summed E-state index contributed by atoms with van der Waals surface area (Å²) < 4.78 is 6.55. The number of carbonyl (C=O) groups excluding carboxylic acids is 2. The van der Waals surface area contributed by atoms with Crippen molar-refractivity contribution in [1.82, 2.24) is 5.32 Å². The summed E-state index contributed by atoms with van der Waals surface area (Å²) >= 11 is 0. The Bertz CT molecular complexity index is 696. The smallest absolute Gasteiger partial charge is 0.249 e. The van der Waals surface area contributed by atoms with Crippen LogP contribution in [0.3, 0.4) is 0 Å². The van der Waals surface area contributed by atoms with Gasteiger partial charge in [-0.1, -0.05) is 44.0 Å². The minimum atomic E-state index is -1.15. The molecule has 0 radical (unpaired) electrons. The SMILES string of the molecule is CCCCCc1ccc(CCC2CC[C@H](C(=O)NC(CC(=O)[O-])C[N+](C)(C)C)O2)cc1. The van der Waals surface area contributed by atoms with E-state index in [0.29, 0.717) is 17.4 Å². The number of aliphatic carboxylic acids is 1. The molecule has 1 saturated heterocycles. The minimum Gasteiger partial charge on any atom is -0.550 e. The molecule has 0 spiro atoms. The number of likely N-dealkylation sites (N-methyl/N-ethyl adjacent to an activating group) is 1. The first-order valence-corrected chi connectivity index (χ1v) is 11.7. The molecule has 0 saturated carbocycles. The number of carboxylic acids is 1. The lowest BCUT2D eigenvalue weighted by molar-refractivity contribution is -0.871. The Morgan fingerprint density at radius 3 is 2.32 bits per heavy atom. The number of hydrogen-bond acceptors (Lipinski definition) is 4.